The molecule has 3 saturated heterocycles. The number of H-pyrrole nitrogens is 1. The fourth-order valence-electron chi connectivity index (χ4n) is 8.40. The number of fused-ring (bicyclic) bond motifs is 1. The van der Waals surface area contributed by atoms with E-state index >= 15 is 4.39 Å². The van der Waals surface area contributed by atoms with E-state index in [4.69, 9.17) is 4.74 Å². The molecule has 15 nitrogen and oxygen atoms in total. The third-order valence-electron chi connectivity index (χ3n) is 11.7. The molecular formula is C45H48FN9O6. The van der Waals surface area contributed by atoms with Gasteiger partial charge in [-0.15, -0.1) is 0 Å². The number of hydrogen-bond donors (Lipinski definition) is 2. The molecule has 0 aliphatic carbocycles. The van der Waals surface area contributed by atoms with Gasteiger partial charge < -0.3 is 24.8 Å². The summed E-state index contributed by atoms with van der Waals surface area (Å²) < 4.78 is 21.5. The molecule has 3 fully saturated rings. The highest BCUT2D eigenvalue weighted by molar-refractivity contribution is 6.02. The topological polar surface area (TPSA) is 174 Å². The molecule has 16 heteroatoms. The lowest BCUT2D eigenvalue weighted by Gasteiger charge is -2.38. The Labute approximate surface area is 351 Å². The summed E-state index contributed by atoms with van der Waals surface area (Å²) in [6.07, 6.45) is 8.34. The minimum absolute atomic E-state index is 0.000164. The highest BCUT2D eigenvalue weighted by atomic mass is 19.1. The first kappa shape index (κ1) is 41.3. The Morgan fingerprint density at radius 1 is 0.787 bits per heavy atom. The molecule has 4 amide bonds. The number of carbonyl (C=O) groups is 4. The summed E-state index contributed by atoms with van der Waals surface area (Å²) >= 11 is 0. The van der Waals surface area contributed by atoms with Crippen LogP contribution in [0.5, 0.6) is 0 Å². The second-order valence-corrected chi connectivity index (χ2v) is 15.9. The lowest BCUT2D eigenvalue weighted by atomic mass is 10.0. The monoisotopic (exact) mass is 829 g/mol. The zero-order valence-electron chi connectivity index (χ0n) is 34.0. The van der Waals surface area contributed by atoms with Gasteiger partial charge in [0.1, 0.15) is 5.82 Å². The molecule has 61 heavy (non-hydrogen) atoms. The molecule has 3 aliphatic heterocycles. The van der Waals surface area contributed by atoms with Crippen LogP contribution in [0.15, 0.2) is 84.0 Å². The highest BCUT2D eigenvalue weighted by Gasteiger charge is 2.32. The van der Waals surface area contributed by atoms with Crippen LogP contribution in [0.2, 0.25) is 0 Å². The van der Waals surface area contributed by atoms with Crippen LogP contribution in [-0.2, 0) is 20.7 Å². The van der Waals surface area contributed by atoms with Crippen LogP contribution in [0.3, 0.4) is 0 Å². The van der Waals surface area contributed by atoms with E-state index in [9.17, 15) is 24.0 Å². The van der Waals surface area contributed by atoms with Crippen LogP contribution < -0.4 is 10.9 Å². The van der Waals surface area contributed by atoms with E-state index in [-0.39, 0.29) is 53.3 Å². The zero-order chi connectivity index (χ0) is 42.5. The van der Waals surface area contributed by atoms with E-state index in [1.165, 1.54) is 13.0 Å². The summed E-state index contributed by atoms with van der Waals surface area (Å²) in [5.41, 5.74) is 3.12. The van der Waals surface area contributed by atoms with E-state index < -0.39 is 11.7 Å². The van der Waals surface area contributed by atoms with Crippen molar-refractivity contribution < 1.29 is 28.3 Å². The lowest BCUT2D eigenvalue weighted by Crippen LogP contribution is -2.53. The van der Waals surface area contributed by atoms with Gasteiger partial charge in [0, 0.05) is 101 Å². The summed E-state index contributed by atoms with van der Waals surface area (Å²) in [6, 6.07) is 17.0. The van der Waals surface area contributed by atoms with Crippen molar-refractivity contribution in [1.82, 2.24) is 39.8 Å². The molecule has 3 aliphatic rings. The van der Waals surface area contributed by atoms with Crippen molar-refractivity contribution in [2.45, 2.75) is 51.2 Å². The summed E-state index contributed by atoms with van der Waals surface area (Å²) in [7, 11) is 0. The van der Waals surface area contributed by atoms with Gasteiger partial charge in [0.25, 0.3) is 17.4 Å². The van der Waals surface area contributed by atoms with Gasteiger partial charge in [0.05, 0.1) is 41.1 Å². The van der Waals surface area contributed by atoms with Crippen molar-refractivity contribution in [2.75, 3.05) is 64.2 Å². The summed E-state index contributed by atoms with van der Waals surface area (Å²) in [6.45, 7) is 5.46. The van der Waals surface area contributed by atoms with Gasteiger partial charge in [-0.05, 0) is 61.6 Å². The number of hydrogen-bond acceptors (Lipinski definition) is 10. The van der Waals surface area contributed by atoms with E-state index in [1.807, 2.05) is 24.3 Å². The Hall–Kier alpha value is -6.39. The fourth-order valence-corrected chi connectivity index (χ4v) is 8.40. The molecule has 0 unspecified atom stereocenters. The third kappa shape index (κ3) is 9.66. The van der Waals surface area contributed by atoms with Gasteiger partial charge in [-0.1, -0.05) is 30.3 Å². The average molecular weight is 830 g/mol. The number of nitrogens with one attached hydrogen (secondary N) is 2. The first-order valence-corrected chi connectivity index (χ1v) is 20.8. The number of likely N-dealkylation sites (tertiary alicyclic amines) is 2. The standard InChI is InChI=1S/C45H48FN9O6/c1-29(56)49-40-25-32(31-5-4-14-47-26-31)27-48-42(40)45(60)54-17-12-34(13-18-54)61-33-10-15-52(16-11-33)28-41(57)53-19-21-55(22-20-53)44(59)37-23-30(8-9-38(37)46)24-39-35-6-2-3-7-36(35)43(58)51-50-39/h2-9,14,23,25-27,33-34H,10-13,15-22,24,28H2,1H3,(H,49,56)(H,51,58). The molecule has 2 N–H and O–H groups in total. The first-order valence-electron chi connectivity index (χ1n) is 20.8. The quantitative estimate of drug-likeness (QED) is 0.208. The number of piperazine rings is 1. The Balaban J connectivity index is 0.769. The molecule has 316 valence electrons. The van der Waals surface area contributed by atoms with Crippen molar-refractivity contribution in [3.05, 3.63) is 118 Å². The van der Waals surface area contributed by atoms with Crippen molar-refractivity contribution in [1.29, 1.82) is 0 Å². The number of nitrogens with zero attached hydrogens (tertiary/aromatic N) is 7. The smallest absolute Gasteiger partial charge is 0.274 e. The highest BCUT2D eigenvalue weighted by Crippen LogP contribution is 2.27. The summed E-state index contributed by atoms with van der Waals surface area (Å²) in [4.78, 5) is 80.5. The fraction of sp³-hybridized carbons (Fsp3) is 0.378. The first-order chi connectivity index (χ1) is 29.6. The number of anilines is 1. The molecule has 2 aromatic carbocycles. The van der Waals surface area contributed by atoms with Crippen molar-refractivity contribution >= 4 is 40.1 Å². The van der Waals surface area contributed by atoms with Crippen molar-refractivity contribution in [3.63, 3.8) is 0 Å². The number of pyridine rings is 2. The van der Waals surface area contributed by atoms with Crippen LogP contribution in [0, 0.1) is 5.82 Å². The zero-order valence-corrected chi connectivity index (χ0v) is 34.0. The third-order valence-corrected chi connectivity index (χ3v) is 11.7. The molecule has 5 aromatic rings. The number of piperidine rings is 2. The van der Waals surface area contributed by atoms with E-state index in [2.05, 4.69) is 30.4 Å². The second-order valence-electron chi connectivity index (χ2n) is 15.9. The van der Waals surface area contributed by atoms with Gasteiger partial charge in [-0.2, -0.15) is 5.10 Å². The van der Waals surface area contributed by atoms with Crippen LogP contribution in [0.1, 0.15) is 64.7 Å². The molecule has 8 rings (SSSR count). The molecule has 0 spiro atoms. The Morgan fingerprint density at radius 2 is 1.48 bits per heavy atom. The maximum absolute atomic E-state index is 15.0. The maximum atomic E-state index is 15.0. The predicted octanol–water partition coefficient (Wildman–Crippen LogP) is 4.14. The number of amides is 4. The number of aromatic nitrogens is 4. The van der Waals surface area contributed by atoms with Gasteiger partial charge >= 0.3 is 0 Å². The van der Waals surface area contributed by atoms with Crippen molar-refractivity contribution in [3.8, 4) is 11.1 Å². The summed E-state index contributed by atoms with van der Waals surface area (Å²) in [5.74, 6) is -1.57. The molecule has 3 aromatic heterocycles. The molecular weight excluding hydrogens is 782 g/mol. The van der Waals surface area contributed by atoms with Crippen LogP contribution in [0.25, 0.3) is 21.9 Å². The predicted molar refractivity (Wildman–Crippen MR) is 225 cm³/mol. The number of benzene rings is 2. The Kier molecular flexibility index (Phi) is 12.5. The maximum Gasteiger partial charge on any atom is 0.274 e. The number of aromatic amines is 1. The minimum atomic E-state index is -0.616. The molecule has 6 heterocycles. The van der Waals surface area contributed by atoms with Crippen LogP contribution in [0.4, 0.5) is 10.1 Å². The van der Waals surface area contributed by atoms with Gasteiger partial charge in [0.2, 0.25) is 11.8 Å². The SMILES string of the molecule is CC(=O)Nc1cc(-c2cccnc2)cnc1C(=O)N1CCC(OC2CCN(CC(=O)N3CCN(C(=O)c4cc(Cc5n[nH]c(=O)c6ccccc56)ccc4F)CC3)CC2)CC1. The number of halogens is 1. The van der Waals surface area contributed by atoms with Crippen molar-refractivity contribution in [2.24, 2.45) is 0 Å². The second kappa shape index (κ2) is 18.5. The summed E-state index contributed by atoms with van der Waals surface area (Å²) in [5, 5.41) is 10.7. The Bertz CT molecular complexity index is 2480. The van der Waals surface area contributed by atoms with Crippen LogP contribution >= 0.6 is 0 Å². The largest absolute Gasteiger partial charge is 0.375 e. The molecule has 0 saturated carbocycles. The normalized spacial score (nSPS) is 16.8. The lowest BCUT2D eigenvalue weighted by molar-refractivity contribution is -0.135. The molecule has 0 radical (unpaired) electrons. The Morgan fingerprint density at radius 3 is 2.18 bits per heavy atom. The van der Waals surface area contributed by atoms with Gasteiger partial charge in [-0.25, -0.2) is 14.5 Å². The van der Waals surface area contributed by atoms with Crippen LogP contribution in [-0.4, -0.2) is 135 Å². The van der Waals surface area contributed by atoms with E-state index in [0.717, 1.165) is 37.1 Å². The van der Waals surface area contributed by atoms with Gasteiger partial charge in [0.15, 0.2) is 5.69 Å². The minimum Gasteiger partial charge on any atom is -0.375 e. The van der Waals surface area contributed by atoms with E-state index in [1.54, 1.807) is 63.6 Å². The number of ether oxygens (including phenoxy) is 1. The number of rotatable bonds is 10. The molecule has 0 bridgehead atoms. The van der Waals surface area contributed by atoms with Gasteiger partial charge in [-0.3, -0.25) is 33.9 Å². The number of carbonyl (C=O) groups excluding carboxylic acids is 4. The molecule has 0 atom stereocenters. The average Bonchev–Trinajstić information content (AvgIpc) is 3.28. The van der Waals surface area contributed by atoms with E-state index in [0.29, 0.717) is 86.2 Å².